The van der Waals surface area contributed by atoms with Gasteiger partial charge in [0, 0.05) is 51.2 Å². The standard InChI is InChI=1S/C14H20N6O2S/c1-11-8-13(17-12(2)16-11)19-4-6-20(7-5-19)23(21,22)14-9-18(3)10-15-14/h8-10H,4-7H2,1-3H3. The highest BCUT2D eigenvalue weighted by atomic mass is 32.2. The first-order valence-corrected chi connectivity index (χ1v) is 8.85. The molecule has 0 spiro atoms. The van der Waals surface area contributed by atoms with E-state index < -0.39 is 10.0 Å². The molecule has 0 aromatic carbocycles. The van der Waals surface area contributed by atoms with Gasteiger partial charge in [0.05, 0.1) is 6.33 Å². The van der Waals surface area contributed by atoms with Crippen LogP contribution in [0.4, 0.5) is 5.82 Å². The lowest BCUT2D eigenvalue weighted by Crippen LogP contribution is -2.49. The van der Waals surface area contributed by atoms with Gasteiger partial charge in [-0.05, 0) is 13.8 Å². The molecule has 9 heteroatoms. The second-order valence-electron chi connectivity index (χ2n) is 5.68. The van der Waals surface area contributed by atoms with Crippen molar-refractivity contribution in [1.82, 2.24) is 23.8 Å². The summed E-state index contributed by atoms with van der Waals surface area (Å²) in [7, 11) is -1.77. The van der Waals surface area contributed by atoms with Crippen LogP contribution >= 0.6 is 0 Å². The Morgan fingerprint density at radius 3 is 2.35 bits per heavy atom. The molecule has 3 rings (SSSR count). The van der Waals surface area contributed by atoms with Gasteiger partial charge >= 0.3 is 0 Å². The number of sulfonamides is 1. The Balaban J connectivity index is 1.73. The molecule has 0 aliphatic carbocycles. The van der Waals surface area contributed by atoms with E-state index in [1.807, 2.05) is 19.9 Å². The number of hydrogen-bond acceptors (Lipinski definition) is 6. The second kappa shape index (κ2) is 5.89. The average molecular weight is 336 g/mol. The lowest BCUT2D eigenvalue weighted by molar-refractivity contribution is 0.382. The molecule has 3 heterocycles. The zero-order valence-electron chi connectivity index (χ0n) is 13.5. The van der Waals surface area contributed by atoms with Gasteiger partial charge in [-0.3, -0.25) is 0 Å². The first-order valence-electron chi connectivity index (χ1n) is 7.41. The number of nitrogens with zero attached hydrogens (tertiary/aromatic N) is 6. The number of piperazine rings is 1. The van der Waals surface area contributed by atoms with Gasteiger partial charge < -0.3 is 9.47 Å². The molecular weight excluding hydrogens is 316 g/mol. The average Bonchev–Trinajstić information content (AvgIpc) is 2.94. The topological polar surface area (TPSA) is 84.2 Å². The largest absolute Gasteiger partial charge is 0.354 e. The zero-order valence-corrected chi connectivity index (χ0v) is 14.3. The molecule has 0 radical (unpaired) electrons. The minimum Gasteiger partial charge on any atom is -0.354 e. The third-order valence-corrected chi connectivity index (χ3v) is 5.58. The summed E-state index contributed by atoms with van der Waals surface area (Å²) in [5.41, 5.74) is 0.913. The van der Waals surface area contributed by atoms with Crippen LogP contribution in [0.2, 0.25) is 0 Å². The van der Waals surface area contributed by atoms with E-state index in [1.54, 1.807) is 11.6 Å². The molecule has 8 nitrogen and oxygen atoms in total. The fraction of sp³-hybridized carbons (Fsp3) is 0.500. The molecule has 124 valence electrons. The normalized spacial score (nSPS) is 16.7. The van der Waals surface area contributed by atoms with Crippen LogP contribution in [-0.2, 0) is 17.1 Å². The van der Waals surface area contributed by atoms with E-state index in [-0.39, 0.29) is 5.03 Å². The Kier molecular flexibility index (Phi) is 4.07. The lowest BCUT2D eigenvalue weighted by atomic mass is 10.3. The van der Waals surface area contributed by atoms with Crippen molar-refractivity contribution < 1.29 is 8.42 Å². The molecule has 1 aliphatic heterocycles. The molecule has 2 aromatic heterocycles. The predicted octanol–water partition coefficient (Wildman–Crippen LogP) is 0.338. The molecule has 0 amide bonds. The highest BCUT2D eigenvalue weighted by molar-refractivity contribution is 7.89. The molecule has 0 saturated carbocycles. The quantitative estimate of drug-likeness (QED) is 0.803. The lowest BCUT2D eigenvalue weighted by Gasteiger charge is -2.34. The van der Waals surface area contributed by atoms with Gasteiger partial charge in [-0.2, -0.15) is 4.31 Å². The van der Waals surface area contributed by atoms with E-state index in [0.717, 1.165) is 17.3 Å². The molecule has 0 unspecified atom stereocenters. The van der Waals surface area contributed by atoms with E-state index in [0.29, 0.717) is 26.2 Å². The Morgan fingerprint density at radius 1 is 1.09 bits per heavy atom. The smallest absolute Gasteiger partial charge is 0.262 e. The van der Waals surface area contributed by atoms with Crippen molar-refractivity contribution in [3.8, 4) is 0 Å². The van der Waals surface area contributed by atoms with Gasteiger partial charge in [-0.15, -0.1) is 0 Å². The van der Waals surface area contributed by atoms with Crippen molar-refractivity contribution in [3.63, 3.8) is 0 Å². The van der Waals surface area contributed by atoms with Crippen molar-refractivity contribution in [2.75, 3.05) is 31.1 Å². The summed E-state index contributed by atoms with van der Waals surface area (Å²) in [6.07, 6.45) is 3.02. The maximum atomic E-state index is 12.6. The number of aryl methyl sites for hydroxylation is 3. The van der Waals surface area contributed by atoms with E-state index in [9.17, 15) is 8.42 Å². The molecule has 1 fully saturated rings. The van der Waals surface area contributed by atoms with Crippen molar-refractivity contribution in [2.24, 2.45) is 7.05 Å². The van der Waals surface area contributed by atoms with E-state index in [1.165, 1.54) is 16.8 Å². The van der Waals surface area contributed by atoms with Crippen LogP contribution in [0, 0.1) is 13.8 Å². The fourth-order valence-corrected chi connectivity index (χ4v) is 4.06. The van der Waals surface area contributed by atoms with Crippen molar-refractivity contribution >= 4 is 15.8 Å². The zero-order chi connectivity index (χ0) is 16.6. The summed E-state index contributed by atoms with van der Waals surface area (Å²) >= 11 is 0. The molecule has 0 N–H and O–H groups in total. The van der Waals surface area contributed by atoms with Crippen LogP contribution in [0.1, 0.15) is 11.5 Å². The third kappa shape index (κ3) is 3.20. The van der Waals surface area contributed by atoms with Crippen molar-refractivity contribution in [1.29, 1.82) is 0 Å². The molecular formula is C14H20N6O2S. The Hall–Kier alpha value is -2.00. The van der Waals surface area contributed by atoms with E-state index in [4.69, 9.17) is 0 Å². The number of imidazole rings is 1. The molecule has 0 bridgehead atoms. The van der Waals surface area contributed by atoms with Gasteiger partial charge in [-0.1, -0.05) is 0 Å². The summed E-state index contributed by atoms with van der Waals surface area (Å²) in [5.74, 6) is 1.58. The molecule has 1 saturated heterocycles. The van der Waals surface area contributed by atoms with Crippen LogP contribution in [0.15, 0.2) is 23.6 Å². The molecule has 23 heavy (non-hydrogen) atoms. The van der Waals surface area contributed by atoms with Gasteiger partial charge in [0.1, 0.15) is 11.6 Å². The summed E-state index contributed by atoms with van der Waals surface area (Å²) in [4.78, 5) is 14.8. The first-order chi connectivity index (χ1) is 10.9. The van der Waals surface area contributed by atoms with Crippen LogP contribution in [0.5, 0.6) is 0 Å². The summed E-state index contributed by atoms with van der Waals surface area (Å²) < 4.78 is 28.2. The highest BCUT2D eigenvalue weighted by Gasteiger charge is 2.30. The Morgan fingerprint density at radius 2 is 1.78 bits per heavy atom. The van der Waals surface area contributed by atoms with Gasteiger partial charge in [0.2, 0.25) is 0 Å². The van der Waals surface area contributed by atoms with Gasteiger partial charge in [-0.25, -0.2) is 23.4 Å². The fourth-order valence-electron chi connectivity index (χ4n) is 2.67. The SMILES string of the molecule is Cc1cc(N2CCN(S(=O)(=O)c3cn(C)cn3)CC2)nc(C)n1. The first kappa shape index (κ1) is 15.9. The third-order valence-electron chi connectivity index (χ3n) is 3.80. The minimum absolute atomic E-state index is 0.0992. The minimum atomic E-state index is -3.52. The molecule has 2 aromatic rings. The number of anilines is 1. The second-order valence-corrected chi connectivity index (χ2v) is 7.57. The highest BCUT2D eigenvalue weighted by Crippen LogP contribution is 2.19. The Bertz CT molecular complexity index is 788. The maximum Gasteiger partial charge on any atom is 0.262 e. The van der Waals surface area contributed by atoms with Crippen molar-refractivity contribution in [3.05, 3.63) is 30.1 Å². The van der Waals surface area contributed by atoms with Crippen LogP contribution in [0.3, 0.4) is 0 Å². The van der Waals surface area contributed by atoms with Crippen molar-refractivity contribution in [2.45, 2.75) is 18.9 Å². The van der Waals surface area contributed by atoms with Crippen LogP contribution in [-0.4, -0.2) is 58.4 Å². The van der Waals surface area contributed by atoms with Crippen LogP contribution in [0.25, 0.3) is 0 Å². The summed E-state index contributed by atoms with van der Waals surface area (Å²) in [6.45, 7) is 5.82. The molecule has 0 atom stereocenters. The molecule has 1 aliphatic rings. The predicted molar refractivity (Wildman–Crippen MR) is 85.7 cm³/mol. The monoisotopic (exact) mass is 336 g/mol. The summed E-state index contributed by atoms with van der Waals surface area (Å²) in [5, 5.41) is 0.0992. The Labute approximate surface area is 135 Å². The number of hydrogen-bond donors (Lipinski definition) is 0. The van der Waals surface area contributed by atoms with E-state index in [2.05, 4.69) is 19.9 Å². The summed E-state index contributed by atoms with van der Waals surface area (Å²) in [6, 6.07) is 1.93. The number of rotatable bonds is 3. The van der Waals surface area contributed by atoms with E-state index >= 15 is 0 Å². The van der Waals surface area contributed by atoms with Gasteiger partial charge in [0.25, 0.3) is 10.0 Å². The maximum absolute atomic E-state index is 12.6. The number of aromatic nitrogens is 4. The van der Waals surface area contributed by atoms with Crippen LogP contribution < -0.4 is 4.90 Å². The van der Waals surface area contributed by atoms with Gasteiger partial charge in [0.15, 0.2) is 5.03 Å².